The first-order valence-electron chi connectivity index (χ1n) is 6.67. The highest BCUT2D eigenvalue weighted by Crippen LogP contribution is 2.32. The lowest BCUT2D eigenvalue weighted by Crippen LogP contribution is -2.10. The van der Waals surface area contributed by atoms with E-state index in [0.717, 1.165) is 11.1 Å². The molecule has 0 unspecified atom stereocenters. The van der Waals surface area contributed by atoms with E-state index in [-0.39, 0.29) is 11.6 Å². The predicted octanol–water partition coefficient (Wildman–Crippen LogP) is 3.98. The predicted molar refractivity (Wildman–Crippen MR) is 82.7 cm³/mol. The molecule has 0 spiro atoms. The third-order valence-corrected chi connectivity index (χ3v) is 3.61. The average Bonchev–Trinajstić information content (AvgIpc) is 2.53. The molecule has 4 heteroatoms. The van der Waals surface area contributed by atoms with E-state index < -0.39 is 11.0 Å². The van der Waals surface area contributed by atoms with Crippen molar-refractivity contribution in [1.29, 1.82) is 0 Å². The van der Waals surface area contributed by atoms with Crippen LogP contribution in [0.5, 0.6) is 0 Å². The summed E-state index contributed by atoms with van der Waals surface area (Å²) in [6, 6.07) is 15.6. The summed E-state index contributed by atoms with van der Waals surface area (Å²) in [7, 11) is 0. The molecule has 0 radical (unpaired) electrons. The first kappa shape index (κ1) is 14.9. The molecule has 4 nitrogen and oxygen atoms in total. The van der Waals surface area contributed by atoms with Crippen LogP contribution in [0.4, 0.5) is 5.69 Å². The molecule has 0 fully saturated rings. The van der Waals surface area contributed by atoms with Gasteiger partial charge in [0.2, 0.25) is 0 Å². The number of nitro groups is 1. The summed E-state index contributed by atoms with van der Waals surface area (Å²) in [5.74, 6) is -0.186. The Kier molecular flexibility index (Phi) is 4.50. The minimum absolute atomic E-state index is 0.0143. The summed E-state index contributed by atoms with van der Waals surface area (Å²) in [4.78, 5) is 10.2. The van der Waals surface area contributed by atoms with Crippen LogP contribution in [-0.4, -0.2) is 10.0 Å². The van der Waals surface area contributed by atoms with Gasteiger partial charge in [-0.05, 0) is 28.8 Å². The minimum Gasteiger partial charge on any atom is -0.388 e. The largest absolute Gasteiger partial charge is 0.388 e. The van der Waals surface area contributed by atoms with E-state index in [1.807, 2.05) is 37.3 Å². The monoisotopic (exact) mass is 283 g/mol. The summed E-state index contributed by atoms with van der Waals surface area (Å²) >= 11 is 0. The normalized spacial score (nSPS) is 13.4. The maximum atomic E-state index is 10.6. The summed E-state index contributed by atoms with van der Waals surface area (Å²) in [5, 5.41) is 21.1. The van der Waals surface area contributed by atoms with Crippen molar-refractivity contribution in [2.45, 2.75) is 13.0 Å². The maximum Gasteiger partial charge on any atom is 0.269 e. The van der Waals surface area contributed by atoms with Crippen LogP contribution in [0.2, 0.25) is 0 Å². The smallest absolute Gasteiger partial charge is 0.269 e. The van der Waals surface area contributed by atoms with E-state index in [2.05, 4.69) is 6.58 Å². The Bertz CT molecular complexity index is 635. The van der Waals surface area contributed by atoms with Crippen molar-refractivity contribution >= 4 is 11.3 Å². The van der Waals surface area contributed by atoms with E-state index >= 15 is 0 Å². The van der Waals surface area contributed by atoms with Gasteiger partial charge in [-0.2, -0.15) is 0 Å². The Balaban J connectivity index is 2.17. The van der Waals surface area contributed by atoms with Crippen molar-refractivity contribution in [2.75, 3.05) is 0 Å². The fraction of sp³-hybridized carbons (Fsp3) is 0.176. The Morgan fingerprint density at radius 1 is 1.14 bits per heavy atom. The van der Waals surface area contributed by atoms with Gasteiger partial charge in [-0.25, -0.2) is 0 Å². The first-order chi connectivity index (χ1) is 10.0. The highest BCUT2D eigenvalue weighted by molar-refractivity contribution is 5.65. The molecule has 2 aromatic rings. The number of aliphatic hydroxyl groups excluding tert-OH is 1. The van der Waals surface area contributed by atoms with E-state index in [1.165, 1.54) is 12.1 Å². The van der Waals surface area contributed by atoms with Crippen LogP contribution < -0.4 is 0 Å². The molecule has 0 aromatic heterocycles. The number of benzene rings is 2. The fourth-order valence-electron chi connectivity index (χ4n) is 2.19. The van der Waals surface area contributed by atoms with E-state index in [4.69, 9.17) is 0 Å². The van der Waals surface area contributed by atoms with E-state index in [9.17, 15) is 15.2 Å². The third-order valence-electron chi connectivity index (χ3n) is 3.61. The van der Waals surface area contributed by atoms with Gasteiger partial charge in [-0.1, -0.05) is 43.8 Å². The zero-order valence-electron chi connectivity index (χ0n) is 11.8. The molecule has 2 aromatic carbocycles. The quantitative estimate of drug-likeness (QED) is 0.667. The van der Waals surface area contributed by atoms with Gasteiger partial charge in [0.15, 0.2) is 0 Å². The zero-order chi connectivity index (χ0) is 15.4. The molecule has 0 aliphatic carbocycles. The Morgan fingerprint density at radius 2 is 1.71 bits per heavy atom. The first-order valence-corrected chi connectivity index (χ1v) is 6.67. The minimum atomic E-state index is -0.751. The molecule has 2 atom stereocenters. The molecule has 0 heterocycles. The summed E-state index contributed by atoms with van der Waals surface area (Å²) in [6.07, 6.45) is -0.751. The second kappa shape index (κ2) is 6.33. The van der Waals surface area contributed by atoms with E-state index in [1.54, 1.807) is 12.1 Å². The molecule has 0 saturated heterocycles. The van der Waals surface area contributed by atoms with Crippen LogP contribution in [0.3, 0.4) is 0 Å². The summed E-state index contributed by atoms with van der Waals surface area (Å²) in [6.45, 7) is 5.94. The third kappa shape index (κ3) is 3.35. The van der Waals surface area contributed by atoms with Crippen molar-refractivity contribution in [3.63, 3.8) is 0 Å². The van der Waals surface area contributed by atoms with Crippen LogP contribution in [0.25, 0.3) is 5.57 Å². The number of nitro benzene ring substituents is 1. The van der Waals surface area contributed by atoms with Crippen molar-refractivity contribution in [3.05, 3.63) is 82.4 Å². The van der Waals surface area contributed by atoms with Crippen LogP contribution in [0.15, 0.2) is 61.2 Å². The second-order valence-corrected chi connectivity index (χ2v) is 4.97. The molecular formula is C17H17NO3. The van der Waals surface area contributed by atoms with Gasteiger partial charge in [-0.15, -0.1) is 0 Å². The van der Waals surface area contributed by atoms with Crippen molar-refractivity contribution in [3.8, 4) is 0 Å². The van der Waals surface area contributed by atoms with Gasteiger partial charge >= 0.3 is 0 Å². The highest BCUT2D eigenvalue weighted by Gasteiger charge is 2.20. The van der Waals surface area contributed by atoms with Gasteiger partial charge in [0.05, 0.1) is 11.0 Å². The molecule has 2 rings (SSSR count). The van der Waals surface area contributed by atoms with Gasteiger partial charge in [0.25, 0.3) is 5.69 Å². The van der Waals surface area contributed by atoms with Crippen LogP contribution in [0.1, 0.15) is 24.2 Å². The molecular weight excluding hydrogens is 266 g/mol. The summed E-state index contributed by atoms with van der Waals surface area (Å²) in [5.41, 5.74) is 2.47. The van der Waals surface area contributed by atoms with Crippen LogP contribution in [0, 0.1) is 16.0 Å². The number of rotatable bonds is 5. The number of non-ortho nitro benzene ring substituents is 1. The highest BCUT2D eigenvalue weighted by atomic mass is 16.6. The van der Waals surface area contributed by atoms with Gasteiger partial charge in [-0.3, -0.25) is 10.1 Å². The number of hydrogen-bond acceptors (Lipinski definition) is 3. The molecule has 0 aliphatic rings. The lowest BCUT2D eigenvalue weighted by molar-refractivity contribution is -0.384. The molecule has 0 saturated carbocycles. The summed E-state index contributed by atoms with van der Waals surface area (Å²) < 4.78 is 0. The Hall–Kier alpha value is -2.46. The SMILES string of the molecule is C=C(c1ccccc1)[C@H](C)[C@H](O)c1ccc([N+](=O)[O-])cc1. The number of nitrogens with zero attached hydrogens (tertiary/aromatic N) is 1. The molecule has 108 valence electrons. The topological polar surface area (TPSA) is 63.4 Å². The fourth-order valence-corrected chi connectivity index (χ4v) is 2.19. The molecule has 21 heavy (non-hydrogen) atoms. The van der Waals surface area contributed by atoms with Crippen molar-refractivity contribution in [1.82, 2.24) is 0 Å². The average molecular weight is 283 g/mol. The molecule has 1 N–H and O–H groups in total. The number of aliphatic hydroxyl groups is 1. The van der Waals surface area contributed by atoms with E-state index in [0.29, 0.717) is 5.56 Å². The lowest BCUT2D eigenvalue weighted by atomic mass is 9.87. The van der Waals surface area contributed by atoms with Crippen LogP contribution >= 0.6 is 0 Å². The number of hydrogen-bond donors (Lipinski definition) is 1. The van der Waals surface area contributed by atoms with Gasteiger partial charge in [0.1, 0.15) is 0 Å². The molecule has 0 aliphatic heterocycles. The van der Waals surface area contributed by atoms with Crippen molar-refractivity contribution < 1.29 is 10.0 Å². The van der Waals surface area contributed by atoms with Gasteiger partial charge in [0, 0.05) is 18.1 Å². The zero-order valence-corrected chi connectivity index (χ0v) is 11.8. The molecule has 0 amide bonds. The Labute approximate surface area is 123 Å². The van der Waals surface area contributed by atoms with Gasteiger partial charge < -0.3 is 5.11 Å². The lowest BCUT2D eigenvalue weighted by Gasteiger charge is -2.21. The maximum absolute atomic E-state index is 10.6. The standard InChI is InChI=1S/C17H17NO3/c1-12(14-6-4-3-5-7-14)13(2)17(19)15-8-10-16(11-9-15)18(20)21/h3-11,13,17,19H,1H2,2H3/t13-,17-/m0/s1. The molecule has 0 bridgehead atoms. The van der Waals surface area contributed by atoms with Crippen LogP contribution in [-0.2, 0) is 0 Å². The van der Waals surface area contributed by atoms with Crippen molar-refractivity contribution in [2.24, 2.45) is 5.92 Å². The second-order valence-electron chi connectivity index (χ2n) is 4.97. The Morgan fingerprint density at radius 3 is 2.24 bits per heavy atom.